The van der Waals surface area contributed by atoms with Gasteiger partial charge in [-0.3, -0.25) is 0 Å². The quantitative estimate of drug-likeness (QED) is 0.747. The Morgan fingerprint density at radius 1 is 1.20 bits per heavy atom. The van der Waals surface area contributed by atoms with E-state index >= 15 is 0 Å². The third kappa shape index (κ3) is 3.76. The van der Waals surface area contributed by atoms with Crippen molar-refractivity contribution in [2.24, 2.45) is 5.73 Å². The van der Waals surface area contributed by atoms with Crippen LogP contribution in [0, 0.1) is 0 Å². The average Bonchev–Trinajstić information content (AvgIpc) is 2.40. The maximum Gasteiger partial charge on any atom is 0.137 e. The second kappa shape index (κ2) is 6.94. The van der Waals surface area contributed by atoms with Crippen molar-refractivity contribution in [1.29, 1.82) is 0 Å². The van der Waals surface area contributed by atoms with Crippen molar-refractivity contribution in [2.45, 2.75) is 12.5 Å². The highest BCUT2D eigenvalue weighted by atomic mass is 79.9. The molecule has 2 nitrogen and oxygen atoms in total. The van der Waals surface area contributed by atoms with E-state index in [4.69, 9.17) is 22.1 Å². The summed E-state index contributed by atoms with van der Waals surface area (Å²) in [4.78, 5) is 0. The van der Waals surface area contributed by atoms with Gasteiger partial charge in [0.25, 0.3) is 0 Å². The molecule has 0 aliphatic rings. The van der Waals surface area contributed by atoms with Crippen molar-refractivity contribution in [3.63, 3.8) is 0 Å². The Kier molecular flexibility index (Phi) is 5.49. The van der Waals surface area contributed by atoms with Crippen molar-refractivity contribution >= 4 is 43.5 Å². The maximum absolute atomic E-state index is 6.31. The highest BCUT2D eigenvalue weighted by Gasteiger charge is 2.16. The molecule has 2 aromatic carbocycles. The SMILES string of the molecule is COc1c(Br)cc(Cl)cc1C(N)Cc1ccc(Br)cc1. The Morgan fingerprint density at radius 2 is 1.85 bits per heavy atom. The molecule has 0 radical (unpaired) electrons. The van der Waals surface area contributed by atoms with Crippen LogP contribution in [0.3, 0.4) is 0 Å². The first-order valence-electron chi connectivity index (χ1n) is 6.04. The van der Waals surface area contributed by atoms with Crippen LogP contribution in [0.1, 0.15) is 17.2 Å². The molecule has 0 saturated carbocycles. The van der Waals surface area contributed by atoms with Gasteiger partial charge in [0.2, 0.25) is 0 Å². The van der Waals surface area contributed by atoms with E-state index < -0.39 is 0 Å². The molecule has 2 aromatic rings. The van der Waals surface area contributed by atoms with Crippen LogP contribution in [0.5, 0.6) is 5.75 Å². The maximum atomic E-state index is 6.31. The van der Waals surface area contributed by atoms with Crippen LogP contribution in [-0.4, -0.2) is 7.11 Å². The number of nitrogens with two attached hydrogens (primary N) is 1. The molecule has 5 heteroatoms. The van der Waals surface area contributed by atoms with Gasteiger partial charge in [-0.05, 0) is 52.2 Å². The minimum atomic E-state index is -0.180. The van der Waals surface area contributed by atoms with Crippen LogP contribution < -0.4 is 10.5 Å². The molecule has 0 aliphatic carbocycles. The Morgan fingerprint density at radius 3 is 2.45 bits per heavy atom. The van der Waals surface area contributed by atoms with E-state index in [2.05, 4.69) is 44.0 Å². The molecule has 1 atom stereocenters. The lowest BCUT2D eigenvalue weighted by molar-refractivity contribution is 0.403. The number of hydrogen-bond donors (Lipinski definition) is 1. The smallest absolute Gasteiger partial charge is 0.137 e. The lowest BCUT2D eigenvalue weighted by atomic mass is 9.99. The Labute approximate surface area is 140 Å². The van der Waals surface area contributed by atoms with E-state index in [-0.39, 0.29) is 6.04 Å². The summed E-state index contributed by atoms with van der Waals surface area (Å²) < 4.78 is 7.28. The first-order chi connectivity index (χ1) is 9.51. The van der Waals surface area contributed by atoms with Crippen LogP contribution in [0.15, 0.2) is 45.3 Å². The Bertz CT molecular complexity index is 602. The fourth-order valence-electron chi connectivity index (χ4n) is 2.06. The zero-order valence-corrected chi connectivity index (χ0v) is 14.8. The van der Waals surface area contributed by atoms with Gasteiger partial charge in [-0.2, -0.15) is 0 Å². The molecule has 2 N–H and O–H groups in total. The molecule has 0 amide bonds. The lowest BCUT2D eigenvalue weighted by Gasteiger charge is -2.17. The van der Waals surface area contributed by atoms with Crippen molar-refractivity contribution in [1.82, 2.24) is 0 Å². The largest absolute Gasteiger partial charge is 0.495 e. The molecule has 0 aliphatic heterocycles. The molecular formula is C15H14Br2ClNO. The Hall–Kier alpha value is -0.550. The second-order valence-corrected chi connectivity index (χ2v) is 6.65. The third-order valence-electron chi connectivity index (χ3n) is 3.01. The zero-order valence-electron chi connectivity index (χ0n) is 10.9. The van der Waals surface area contributed by atoms with Gasteiger partial charge in [-0.1, -0.05) is 39.7 Å². The summed E-state index contributed by atoms with van der Waals surface area (Å²) >= 11 is 13.0. The van der Waals surface area contributed by atoms with Crippen molar-refractivity contribution in [3.8, 4) is 5.75 Å². The van der Waals surface area contributed by atoms with Crippen LogP contribution in [0.4, 0.5) is 0 Å². The van der Waals surface area contributed by atoms with E-state index in [1.807, 2.05) is 18.2 Å². The zero-order chi connectivity index (χ0) is 14.7. The summed E-state index contributed by atoms with van der Waals surface area (Å²) in [6.45, 7) is 0. The highest BCUT2D eigenvalue weighted by molar-refractivity contribution is 9.10. The molecule has 0 fully saturated rings. The van der Waals surface area contributed by atoms with Gasteiger partial charge in [0.05, 0.1) is 11.6 Å². The number of benzene rings is 2. The van der Waals surface area contributed by atoms with Crippen LogP contribution in [0.25, 0.3) is 0 Å². The minimum Gasteiger partial charge on any atom is -0.495 e. The van der Waals surface area contributed by atoms with E-state index in [1.54, 1.807) is 13.2 Å². The van der Waals surface area contributed by atoms with Gasteiger partial charge in [0.1, 0.15) is 5.75 Å². The van der Waals surface area contributed by atoms with Gasteiger partial charge < -0.3 is 10.5 Å². The lowest BCUT2D eigenvalue weighted by Crippen LogP contribution is -2.14. The first-order valence-corrected chi connectivity index (χ1v) is 8.00. The Balaban J connectivity index is 2.28. The van der Waals surface area contributed by atoms with Gasteiger partial charge >= 0.3 is 0 Å². The van der Waals surface area contributed by atoms with E-state index in [0.29, 0.717) is 5.02 Å². The molecule has 0 spiro atoms. The molecule has 2 rings (SSSR count). The van der Waals surface area contributed by atoms with Crippen LogP contribution in [-0.2, 0) is 6.42 Å². The van der Waals surface area contributed by atoms with Crippen molar-refractivity contribution < 1.29 is 4.74 Å². The number of ether oxygens (including phenoxy) is 1. The predicted molar refractivity (Wildman–Crippen MR) is 90.5 cm³/mol. The van der Waals surface area contributed by atoms with E-state index in [0.717, 1.165) is 26.7 Å². The van der Waals surface area contributed by atoms with Crippen LogP contribution in [0.2, 0.25) is 5.02 Å². The number of methoxy groups -OCH3 is 1. The topological polar surface area (TPSA) is 35.2 Å². The van der Waals surface area contributed by atoms with E-state index in [9.17, 15) is 0 Å². The molecule has 0 aromatic heterocycles. The molecule has 106 valence electrons. The standard InChI is InChI=1S/C15H14Br2ClNO/c1-20-15-12(7-11(18)8-13(15)17)14(19)6-9-2-4-10(16)5-3-9/h2-5,7-8,14H,6,19H2,1H3. The fraction of sp³-hybridized carbons (Fsp3) is 0.200. The molecule has 1 unspecified atom stereocenters. The van der Waals surface area contributed by atoms with Gasteiger partial charge in [0.15, 0.2) is 0 Å². The van der Waals surface area contributed by atoms with Gasteiger partial charge in [-0.25, -0.2) is 0 Å². The van der Waals surface area contributed by atoms with Crippen molar-refractivity contribution in [2.75, 3.05) is 7.11 Å². The summed E-state index contributed by atoms with van der Waals surface area (Å²) in [5, 5.41) is 0.638. The van der Waals surface area contributed by atoms with Crippen molar-refractivity contribution in [3.05, 3.63) is 61.5 Å². The predicted octanol–water partition coefficient (Wildman–Crippen LogP) is 5.12. The molecule has 0 bridgehead atoms. The summed E-state index contributed by atoms with van der Waals surface area (Å²) in [6, 6.07) is 11.6. The number of halogens is 3. The number of hydrogen-bond acceptors (Lipinski definition) is 2. The molecule has 0 heterocycles. The summed E-state index contributed by atoms with van der Waals surface area (Å²) in [7, 11) is 1.63. The van der Waals surface area contributed by atoms with Gasteiger partial charge in [-0.15, -0.1) is 0 Å². The van der Waals surface area contributed by atoms with Crippen LogP contribution >= 0.6 is 43.5 Å². The second-order valence-electron chi connectivity index (χ2n) is 4.45. The molecular weight excluding hydrogens is 405 g/mol. The number of rotatable bonds is 4. The van der Waals surface area contributed by atoms with Gasteiger partial charge in [0, 0.05) is 21.1 Å². The first kappa shape index (κ1) is 15.8. The normalized spacial score (nSPS) is 12.2. The monoisotopic (exact) mass is 417 g/mol. The average molecular weight is 420 g/mol. The highest BCUT2D eigenvalue weighted by Crippen LogP contribution is 2.36. The third-order valence-corrected chi connectivity index (χ3v) is 4.35. The fourth-order valence-corrected chi connectivity index (χ4v) is 3.32. The summed E-state index contributed by atoms with van der Waals surface area (Å²) in [5.74, 6) is 0.735. The van der Waals surface area contributed by atoms with E-state index in [1.165, 1.54) is 5.56 Å². The molecule has 20 heavy (non-hydrogen) atoms. The summed E-state index contributed by atoms with van der Waals surface area (Å²) in [5.41, 5.74) is 8.37. The minimum absolute atomic E-state index is 0.180. The summed E-state index contributed by atoms with van der Waals surface area (Å²) in [6.07, 6.45) is 0.719. The molecule has 0 saturated heterocycles.